The van der Waals surface area contributed by atoms with E-state index in [1.807, 2.05) is 25.7 Å². The third-order valence-electron chi connectivity index (χ3n) is 3.88. The second-order valence-electron chi connectivity index (χ2n) is 7.58. The topological polar surface area (TPSA) is 88.1 Å². The Balaban J connectivity index is 0.000000648. The van der Waals surface area contributed by atoms with Crippen LogP contribution in [-0.4, -0.2) is 65.6 Å². The zero-order valence-electron chi connectivity index (χ0n) is 15.6. The average molecular weight is 344 g/mol. The van der Waals surface area contributed by atoms with Crippen LogP contribution in [0.1, 0.15) is 53.9 Å². The predicted octanol–water partition coefficient (Wildman–Crippen LogP) is 2.25. The van der Waals surface area contributed by atoms with Crippen molar-refractivity contribution in [2.75, 3.05) is 26.2 Å². The van der Waals surface area contributed by atoms with Gasteiger partial charge in [0.15, 0.2) is 0 Å². The molecule has 1 unspecified atom stereocenters. The molecule has 0 saturated carbocycles. The highest BCUT2D eigenvalue weighted by molar-refractivity contribution is 5.68. The van der Waals surface area contributed by atoms with Gasteiger partial charge in [0.05, 0.1) is 11.7 Å². The first-order chi connectivity index (χ1) is 11.0. The summed E-state index contributed by atoms with van der Waals surface area (Å²) in [6.45, 7) is 12.2. The minimum absolute atomic E-state index is 0.103. The highest BCUT2D eigenvalue weighted by atomic mass is 16.6. The number of carbonyl (C=O) groups is 2. The first-order valence-electron chi connectivity index (χ1n) is 8.59. The molecule has 7 heteroatoms. The first-order valence-corrected chi connectivity index (χ1v) is 8.59. The number of nitrogens with one attached hydrogen (secondary N) is 1. The van der Waals surface area contributed by atoms with Gasteiger partial charge in [-0.05, 0) is 47.0 Å². The van der Waals surface area contributed by atoms with Crippen molar-refractivity contribution in [1.82, 2.24) is 10.2 Å². The summed E-state index contributed by atoms with van der Waals surface area (Å²) in [7, 11) is 0. The summed E-state index contributed by atoms with van der Waals surface area (Å²) in [6.07, 6.45) is 2.89. The molecule has 2 fully saturated rings. The Morgan fingerprint density at radius 2 is 1.92 bits per heavy atom. The molecule has 1 spiro atoms. The molecule has 2 heterocycles. The van der Waals surface area contributed by atoms with Gasteiger partial charge in [0.2, 0.25) is 0 Å². The minimum atomic E-state index is -0.833. The number of carbonyl (C=O) groups excluding carboxylic acids is 1. The van der Waals surface area contributed by atoms with E-state index in [1.54, 1.807) is 0 Å². The van der Waals surface area contributed by atoms with Gasteiger partial charge in [0.25, 0.3) is 5.97 Å². The van der Waals surface area contributed by atoms with Crippen molar-refractivity contribution in [3.05, 3.63) is 0 Å². The Bertz CT molecular complexity index is 431. The number of nitrogens with zero attached hydrogens (tertiary/aromatic N) is 1. The summed E-state index contributed by atoms with van der Waals surface area (Å²) in [5.74, 6) is -0.833. The van der Waals surface area contributed by atoms with Crippen LogP contribution in [0.25, 0.3) is 0 Å². The van der Waals surface area contributed by atoms with Gasteiger partial charge >= 0.3 is 6.09 Å². The molecule has 140 valence electrons. The van der Waals surface area contributed by atoms with E-state index in [1.165, 1.54) is 0 Å². The van der Waals surface area contributed by atoms with Gasteiger partial charge in [-0.1, -0.05) is 0 Å². The molecule has 2 N–H and O–H groups in total. The Morgan fingerprint density at radius 3 is 2.46 bits per heavy atom. The molecule has 0 aliphatic carbocycles. The molecule has 0 radical (unpaired) electrons. The van der Waals surface area contributed by atoms with Gasteiger partial charge in [-0.2, -0.15) is 0 Å². The summed E-state index contributed by atoms with van der Waals surface area (Å²) in [5, 5.41) is 10.9. The second kappa shape index (κ2) is 8.67. The van der Waals surface area contributed by atoms with Gasteiger partial charge in [0.1, 0.15) is 5.60 Å². The van der Waals surface area contributed by atoms with Crippen LogP contribution < -0.4 is 5.32 Å². The van der Waals surface area contributed by atoms with Crippen LogP contribution in [0.3, 0.4) is 0 Å². The van der Waals surface area contributed by atoms with E-state index in [4.69, 9.17) is 19.4 Å². The van der Waals surface area contributed by atoms with Crippen molar-refractivity contribution in [2.24, 2.45) is 0 Å². The molecule has 24 heavy (non-hydrogen) atoms. The Labute approximate surface area is 144 Å². The highest BCUT2D eigenvalue weighted by Gasteiger charge is 2.38. The summed E-state index contributed by atoms with van der Waals surface area (Å²) in [5.41, 5.74) is -0.535. The average Bonchev–Trinajstić information content (AvgIpc) is 2.59. The molecular formula is C17H32N2O5. The molecule has 2 aliphatic rings. The van der Waals surface area contributed by atoms with Crippen LogP contribution in [0.4, 0.5) is 4.79 Å². The van der Waals surface area contributed by atoms with Gasteiger partial charge in [0, 0.05) is 33.1 Å². The number of ether oxygens (including phenoxy) is 2. The number of hydrogen-bond acceptors (Lipinski definition) is 5. The van der Waals surface area contributed by atoms with E-state index in [0.717, 1.165) is 45.8 Å². The van der Waals surface area contributed by atoms with Crippen molar-refractivity contribution < 1.29 is 24.2 Å². The van der Waals surface area contributed by atoms with Crippen molar-refractivity contribution in [2.45, 2.75) is 71.2 Å². The zero-order chi connectivity index (χ0) is 18.4. The molecule has 0 bridgehead atoms. The van der Waals surface area contributed by atoms with Gasteiger partial charge in [-0.15, -0.1) is 0 Å². The van der Waals surface area contributed by atoms with E-state index in [0.29, 0.717) is 6.54 Å². The molecule has 1 amide bonds. The fraction of sp³-hybridized carbons (Fsp3) is 0.882. The van der Waals surface area contributed by atoms with Gasteiger partial charge < -0.3 is 24.8 Å². The predicted molar refractivity (Wildman–Crippen MR) is 91.1 cm³/mol. The fourth-order valence-electron chi connectivity index (χ4n) is 2.98. The number of rotatable bonds is 0. The fourth-order valence-corrected chi connectivity index (χ4v) is 2.98. The first kappa shape index (κ1) is 20.7. The van der Waals surface area contributed by atoms with Crippen molar-refractivity contribution in [3.63, 3.8) is 0 Å². The van der Waals surface area contributed by atoms with E-state index in [2.05, 4.69) is 12.2 Å². The van der Waals surface area contributed by atoms with Crippen LogP contribution in [0, 0.1) is 0 Å². The molecule has 2 atom stereocenters. The Hall–Kier alpha value is -1.34. The van der Waals surface area contributed by atoms with Gasteiger partial charge in [-0.25, -0.2) is 4.79 Å². The molecule has 2 rings (SSSR count). The van der Waals surface area contributed by atoms with Crippen LogP contribution in [0.5, 0.6) is 0 Å². The Morgan fingerprint density at radius 1 is 1.29 bits per heavy atom. The molecule has 0 aromatic carbocycles. The number of hydrogen-bond donors (Lipinski definition) is 2. The maximum Gasteiger partial charge on any atom is 0.410 e. The van der Waals surface area contributed by atoms with E-state index in [-0.39, 0.29) is 17.8 Å². The smallest absolute Gasteiger partial charge is 0.410 e. The van der Waals surface area contributed by atoms with Crippen molar-refractivity contribution in [3.8, 4) is 0 Å². The standard InChI is InChI=1S/C15H28N2O3.C2H4O2/c1-12-10-16-11-15(19-12)6-5-8-17(9-7-15)13(18)20-14(2,3)4;1-2(3)4/h12,16H,5-11H2,1-4H3;1H3,(H,3,4)/t12-,15?;/m1./s1. The monoisotopic (exact) mass is 344 g/mol. The second-order valence-corrected chi connectivity index (χ2v) is 7.58. The molecule has 0 aromatic rings. The number of morpholine rings is 1. The number of aliphatic carboxylic acids is 1. The summed E-state index contributed by atoms with van der Waals surface area (Å²) in [6, 6.07) is 0. The third-order valence-corrected chi connectivity index (χ3v) is 3.88. The summed E-state index contributed by atoms with van der Waals surface area (Å²) in [4.78, 5) is 23.0. The van der Waals surface area contributed by atoms with Crippen molar-refractivity contribution >= 4 is 12.1 Å². The van der Waals surface area contributed by atoms with Crippen LogP contribution >= 0.6 is 0 Å². The van der Waals surface area contributed by atoms with Crippen LogP contribution in [0.15, 0.2) is 0 Å². The lowest BCUT2D eigenvalue weighted by atomic mass is 9.92. The SMILES string of the molecule is CC(=O)O.C[C@@H]1CNCC2(CCCN(C(=O)OC(C)(C)C)CC2)O1. The number of likely N-dealkylation sites (tertiary alicyclic amines) is 1. The maximum atomic E-state index is 12.1. The zero-order valence-corrected chi connectivity index (χ0v) is 15.6. The lowest BCUT2D eigenvalue weighted by Gasteiger charge is -2.40. The molecule has 0 aromatic heterocycles. The van der Waals surface area contributed by atoms with Crippen LogP contribution in [0.2, 0.25) is 0 Å². The Kier molecular flexibility index (Phi) is 7.48. The van der Waals surface area contributed by atoms with Crippen LogP contribution in [-0.2, 0) is 14.3 Å². The minimum Gasteiger partial charge on any atom is -0.481 e. The molecule has 7 nitrogen and oxygen atoms in total. The van der Waals surface area contributed by atoms with E-state index < -0.39 is 11.6 Å². The quantitative estimate of drug-likeness (QED) is 0.701. The number of carboxylic acids is 1. The van der Waals surface area contributed by atoms with Gasteiger partial charge in [-0.3, -0.25) is 4.79 Å². The molecule has 2 aliphatic heterocycles. The molecule has 2 saturated heterocycles. The third kappa shape index (κ3) is 7.49. The number of carboxylic acid groups (broad SMARTS) is 1. The van der Waals surface area contributed by atoms with E-state index in [9.17, 15) is 4.79 Å². The largest absolute Gasteiger partial charge is 0.481 e. The lowest BCUT2D eigenvalue weighted by Crippen LogP contribution is -2.53. The highest BCUT2D eigenvalue weighted by Crippen LogP contribution is 2.29. The van der Waals surface area contributed by atoms with E-state index >= 15 is 0 Å². The summed E-state index contributed by atoms with van der Waals surface area (Å²) < 4.78 is 11.6. The molecular weight excluding hydrogens is 312 g/mol. The summed E-state index contributed by atoms with van der Waals surface area (Å²) >= 11 is 0. The lowest BCUT2D eigenvalue weighted by molar-refractivity contribution is -0.134. The maximum absolute atomic E-state index is 12.1. The van der Waals surface area contributed by atoms with Crippen molar-refractivity contribution in [1.29, 1.82) is 0 Å². The normalized spacial score (nSPS) is 27.7. The number of amides is 1.